The fraction of sp³-hybridized carbons (Fsp3) is 0.227. The molecular formula is C22H22N2O4S. The zero-order valence-corrected chi connectivity index (χ0v) is 17.1. The highest BCUT2D eigenvalue weighted by molar-refractivity contribution is 7.16. The Kier molecular flexibility index (Phi) is 7.10. The second-order valence-electron chi connectivity index (χ2n) is 6.13. The third-order valence-electron chi connectivity index (χ3n) is 4.14. The fourth-order valence-electron chi connectivity index (χ4n) is 2.76. The third kappa shape index (κ3) is 5.28. The Morgan fingerprint density at radius 3 is 2.69 bits per heavy atom. The number of amides is 1. The van der Waals surface area contributed by atoms with Gasteiger partial charge in [0.25, 0.3) is 5.91 Å². The molecule has 0 bridgehead atoms. The number of rotatable bonds is 7. The van der Waals surface area contributed by atoms with E-state index in [9.17, 15) is 9.59 Å². The predicted molar refractivity (Wildman–Crippen MR) is 114 cm³/mol. The van der Waals surface area contributed by atoms with E-state index in [2.05, 4.69) is 4.99 Å². The van der Waals surface area contributed by atoms with Gasteiger partial charge in [-0.05, 0) is 36.8 Å². The lowest BCUT2D eigenvalue weighted by atomic mass is 10.2. The molecule has 150 valence electrons. The predicted octanol–water partition coefficient (Wildman–Crippen LogP) is 3.67. The number of fused-ring (bicyclic) bond motifs is 1. The van der Waals surface area contributed by atoms with Gasteiger partial charge >= 0.3 is 5.97 Å². The molecule has 0 fully saturated rings. The lowest BCUT2D eigenvalue weighted by molar-refractivity contribution is -0.113. The van der Waals surface area contributed by atoms with Crippen molar-refractivity contribution >= 4 is 39.5 Å². The second kappa shape index (κ2) is 9.95. The number of ether oxygens (including phenoxy) is 2. The van der Waals surface area contributed by atoms with Crippen molar-refractivity contribution in [3.63, 3.8) is 0 Å². The van der Waals surface area contributed by atoms with Crippen LogP contribution >= 0.6 is 11.3 Å². The molecule has 0 atom stereocenters. The second-order valence-corrected chi connectivity index (χ2v) is 7.14. The minimum Gasteiger partial charge on any atom is -0.462 e. The van der Waals surface area contributed by atoms with Gasteiger partial charge in [-0.3, -0.25) is 4.79 Å². The number of esters is 1. The van der Waals surface area contributed by atoms with Crippen LogP contribution in [0.4, 0.5) is 0 Å². The number of carbonyl (C=O) groups excluding carboxylic acids is 2. The quantitative estimate of drug-likeness (QED) is 0.440. The first-order chi connectivity index (χ1) is 14.1. The summed E-state index contributed by atoms with van der Waals surface area (Å²) in [6.45, 7) is 3.11. The fourth-order valence-corrected chi connectivity index (χ4v) is 3.86. The summed E-state index contributed by atoms with van der Waals surface area (Å²) >= 11 is 1.35. The molecule has 7 heteroatoms. The zero-order chi connectivity index (χ0) is 20.6. The molecule has 0 aliphatic heterocycles. The van der Waals surface area contributed by atoms with Crippen molar-refractivity contribution in [1.29, 1.82) is 0 Å². The maximum atomic E-state index is 12.4. The topological polar surface area (TPSA) is 69.9 Å². The summed E-state index contributed by atoms with van der Waals surface area (Å²) in [5.74, 6) is -0.719. The van der Waals surface area contributed by atoms with Crippen molar-refractivity contribution in [2.75, 3.05) is 20.3 Å². The van der Waals surface area contributed by atoms with Crippen LogP contribution in [0.25, 0.3) is 16.3 Å². The summed E-state index contributed by atoms with van der Waals surface area (Å²) in [6.07, 6.45) is 3.18. The molecule has 1 aromatic heterocycles. The first-order valence-electron chi connectivity index (χ1n) is 9.23. The molecule has 3 aromatic rings. The van der Waals surface area contributed by atoms with E-state index in [1.165, 1.54) is 17.4 Å². The van der Waals surface area contributed by atoms with E-state index in [0.717, 1.165) is 15.8 Å². The van der Waals surface area contributed by atoms with Gasteiger partial charge in [0, 0.05) is 19.7 Å². The van der Waals surface area contributed by atoms with Crippen molar-refractivity contribution in [2.45, 2.75) is 13.5 Å². The Morgan fingerprint density at radius 2 is 1.97 bits per heavy atom. The molecule has 0 spiro atoms. The Labute approximate surface area is 172 Å². The van der Waals surface area contributed by atoms with Crippen LogP contribution < -0.4 is 4.80 Å². The molecule has 0 aliphatic carbocycles. The molecule has 3 rings (SSSR count). The van der Waals surface area contributed by atoms with Gasteiger partial charge in [0.15, 0.2) is 4.80 Å². The van der Waals surface area contributed by atoms with Gasteiger partial charge in [-0.1, -0.05) is 41.7 Å². The molecule has 0 saturated heterocycles. The van der Waals surface area contributed by atoms with Crippen LogP contribution in [-0.4, -0.2) is 36.8 Å². The number of nitrogens with zero attached hydrogens (tertiary/aromatic N) is 2. The largest absolute Gasteiger partial charge is 0.462 e. The van der Waals surface area contributed by atoms with Crippen molar-refractivity contribution in [2.24, 2.45) is 4.99 Å². The molecule has 1 amide bonds. The molecule has 0 saturated carbocycles. The lowest BCUT2D eigenvalue weighted by Gasteiger charge is -2.05. The molecule has 29 heavy (non-hydrogen) atoms. The maximum Gasteiger partial charge on any atom is 0.338 e. The van der Waals surface area contributed by atoms with Crippen LogP contribution in [0.3, 0.4) is 0 Å². The molecule has 2 aromatic carbocycles. The molecule has 6 nitrogen and oxygen atoms in total. The number of carbonyl (C=O) groups is 2. The van der Waals surface area contributed by atoms with E-state index >= 15 is 0 Å². The summed E-state index contributed by atoms with van der Waals surface area (Å²) < 4.78 is 13.0. The Balaban J connectivity index is 1.98. The number of benzene rings is 2. The SMILES string of the molecule is CCOC(=O)c1ccc2c(c1)sc(=NC(=O)/C=C/c1ccccc1)n2CCOC. The number of hydrogen-bond donors (Lipinski definition) is 0. The first-order valence-corrected chi connectivity index (χ1v) is 10.0. The summed E-state index contributed by atoms with van der Waals surface area (Å²) in [4.78, 5) is 29.2. The summed E-state index contributed by atoms with van der Waals surface area (Å²) in [5.41, 5.74) is 2.29. The molecular weight excluding hydrogens is 388 g/mol. The van der Waals surface area contributed by atoms with Crippen LogP contribution in [0.15, 0.2) is 59.6 Å². The van der Waals surface area contributed by atoms with Gasteiger partial charge in [-0.15, -0.1) is 0 Å². The van der Waals surface area contributed by atoms with Gasteiger partial charge in [-0.2, -0.15) is 4.99 Å². The third-order valence-corrected chi connectivity index (χ3v) is 5.18. The molecule has 0 N–H and O–H groups in total. The minimum absolute atomic E-state index is 0.317. The van der Waals surface area contributed by atoms with E-state index in [0.29, 0.717) is 30.1 Å². The Bertz CT molecular complexity index is 1100. The van der Waals surface area contributed by atoms with Crippen molar-refractivity contribution in [1.82, 2.24) is 4.57 Å². The normalized spacial score (nSPS) is 12.0. The van der Waals surface area contributed by atoms with E-state index < -0.39 is 0 Å². The van der Waals surface area contributed by atoms with Crippen molar-refractivity contribution in [3.05, 3.63) is 70.5 Å². The highest BCUT2D eigenvalue weighted by Gasteiger charge is 2.12. The number of aromatic nitrogens is 1. The van der Waals surface area contributed by atoms with Gasteiger partial charge in [0.1, 0.15) is 0 Å². The summed E-state index contributed by atoms with van der Waals surface area (Å²) in [7, 11) is 1.62. The molecule has 0 aliphatic rings. The highest BCUT2D eigenvalue weighted by Crippen LogP contribution is 2.20. The van der Waals surface area contributed by atoms with Gasteiger partial charge < -0.3 is 14.0 Å². The van der Waals surface area contributed by atoms with Crippen molar-refractivity contribution in [3.8, 4) is 0 Å². The minimum atomic E-state index is -0.369. The van der Waals surface area contributed by atoms with E-state index in [1.54, 1.807) is 32.2 Å². The van der Waals surface area contributed by atoms with E-state index in [-0.39, 0.29) is 11.9 Å². The van der Waals surface area contributed by atoms with Crippen molar-refractivity contribution < 1.29 is 19.1 Å². The summed E-state index contributed by atoms with van der Waals surface area (Å²) in [6, 6.07) is 14.9. The number of hydrogen-bond acceptors (Lipinski definition) is 5. The lowest BCUT2D eigenvalue weighted by Crippen LogP contribution is -2.18. The van der Waals surface area contributed by atoms with E-state index in [1.807, 2.05) is 41.0 Å². The van der Waals surface area contributed by atoms with Crippen LogP contribution in [-0.2, 0) is 20.8 Å². The Morgan fingerprint density at radius 1 is 1.17 bits per heavy atom. The number of thiazole rings is 1. The Hall–Kier alpha value is -3.03. The van der Waals surface area contributed by atoms with E-state index in [4.69, 9.17) is 9.47 Å². The van der Waals surface area contributed by atoms with Gasteiger partial charge in [0.2, 0.25) is 0 Å². The van der Waals surface area contributed by atoms with Crippen LogP contribution in [0.2, 0.25) is 0 Å². The zero-order valence-electron chi connectivity index (χ0n) is 16.3. The van der Waals surface area contributed by atoms with Crippen LogP contribution in [0, 0.1) is 0 Å². The average molecular weight is 410 g/mol. The monoisotopic (exact) mass is 410 g/mol. The smallest absolute Gasteiger partial charge is 0.338 e. The van der Waals surface area contributed by atoms with Gasteiger partial charge in [-0.25, -0.2) is 4.79 Å². The van der Waals surface area contributed by atoms with Crippen LogP contribution in [0.5, 0.6) is 0 Å². The number of methoxy groups -OCH3 is 1. The summed E-state index contributed by atoms with van der Waals surface area (Å²) in [5, 5.41) is 0. The first kappa shape index (κ1) is 20.7. The molecule has 0 unspecified atom stereocenters. The molecule has 0 radical (unpaired) electrons. The van der Waals surface area contributed by atoms with Crippen LogP contribution in [0.1, 0.15) is 22.8 Å². The maximum absolute atomic E-state index is 12.4. The average Bonchev–Trinajstić information content (AvgIpc) is 3.07. The molecule has 1 heterocycles. The standard InChI is InChI=1S/C22H22N2O4S/c1-3-28-21(26)17-10-11-18-19(15-17)29-22(24(18)13-14-27-2)23-20(25)12-9-16-7-5-4-6-8-16/h4-12,15H,3,13-14H2,1-2H3/b12-9+,23-22?. The van der Waals surface area contributed by atoms with Gasteiger partial charge in [0.05, 0.1) is 29.0 Å². The highest BCUT2D eigenvalue weighted by atomic mass is 32.1.